The highest BCUT2D eigenvalue weighted by atomic mass is 15.2. The minimum atomic E-state index is -0.00361. The molecule has 0 bridgehead atoms. The molecular formula is C10H18N4. The summed E-state index contributed by atoms with van der Waals surface area (Å²) in [4.78, 5) is 3.90. The van der Waals surface area contributed by atoms with E-state index in [0.29, 0.717) is 5.84 Å². The maximum Gasteiger partial charge on any atom is 0.107 e. The molecule has 0 saturated heterocycles. The molecular weight excluding hydrogens is 176 g/mol. The van der Waals surface area contributed by atoms with Crippen LogP contribution in [-0.2, 0) is 0 Å². The van der Waals surface area contributed by atoms with Crippen LogP contribution in [0.25, 0.3) is 0 Å². The molecule has 1 atom stereocenters. The number of hydrogen-bond donors (Lipinski definition) is 1. The lowest BCUT2D eigenvalue weighted by molar-refractivity contribution is 1.00. The van der Waals surface area contributed by atoms with Crippen LogP contribution in [0.5, 0.6) is 0 Å². The van der Waals surface area contributed by atoms with Gasteiger partial charge in [-0.05, 0) is 20.8 Å². The van der Waals surface area contributed by atoms with Gasteiger partial charge in [0.25, 0.3) is 0 Å². The lowest BCUT2D eigenvalue weighted by Crippen LogP contribution is -2.26. The minimum absolute atomic E-state index is 0.00361. The Hall–Kier alpha value is -1.45. The highest BCUT2D eigenvalue weighted by Crippen LogP contribution is 2.00. The molecule has 4 heteroatoms. The second kappa shape index (κ2) is 6.07. The highest BCUT2D eigenvalue weighted by Gasteiger charge is 2.09. The monoisotopic (exact) mass is 194 g/mol. The molecule has 0 aliphatic carbocycles. The molecule has 0 amide bonds. The van der Waals surface area contributed by atoms with Gasteiger partial charge in [-0.15, -0.1) is 0 Å². The van der Waals surface area contributed by atoms with E-state index in [4.69, 9.17) is 5.73 Å². The van der Waals surface area contributed by atoms with Crippen LogP contribution in [-0.4, -0.2) is 17.3 Å². The molecule has 4 nitrogen and oxygen atoms in total. The molecule has 0 fully saturated rings. The Labute approximate surface area is 85.3 Å². The Morgan fingerprint density at radius 2 is 1.86 bits per heavy atom. The van der Waals surface area contributed by atoms with Crippen molar-refractivity contribution in [3.8, 4) is 0 Å². The summed E-state index contributed by atoms with van der Waals surface area (Å²) < 4.78 is 0. The standard InChI is InChI=1S/C10H18N4/c1-6-12-10(11)8(4)9(5)14-13-7(2)3/h6,8H,1H2,2-5H3,(H2,11,12)/b14-9-. The molecule has 0 radical (unpaired) electrons. The molecule has 0 aromatic heterocycles. The third-order valence-electron chi connectivity index (χ3n) is 1.72. The summed E-state index contributed by atoms with van der Waals surface area (Å²) in [6.45, 7) is 11.1. The predicted molar refractivity (Wildman–Crippen MR) is 62.9 cm³/mol. The van der Waals surface area contributed by atoms with Gasteiger partial charge in [0.15, 0.2) is 0 Å². The summed E-state index contributed by atoms with van der Waals surface area (Å²) >= 11 is 0. The topological polar surface area (TPSA) is 63.1 Å². The molecule has 2 N–H and O–H groups in total. The van der Waals surface area contributed by atoms with Gasteiger partial charge in [0.05, 0.1) is 5.92 Å². The Balaban J connectivity index is 4.61. The molecule has 0 aliphatic rings. The zero-order chi connectivity index (χ0) is 11.1. The molecule has 0 aromatic carbocycles. The minimum Gasteiger partial charge on any atom is -0.387 e. The number of amidine groups is 1. The summed E-state index contributed by atoms with van der Waals surface area (Å²) in [5.74, 6) is 0.501. The lowest BCUT2D eigenvalue weighted by Gasteiger charge is -2.08. The van der Waals surface area contributed by atoms with Crippen LogP contribution in [0.2, 0.25) is 0 Å². The maximum absolute atomic E-state index is 5.68. The summed E-state index contributed by atoms with van der Waals surface area (Å²) in [6, 6.07) is 0. The van der Waals surface area contributed by atoms with Gasteiger partial charge in [0.1, 0.15) is 5.84 Å². The van der Waals surface area contributed by atoms with E-state index in [1.54, 1.807) is 0 Å². The van der Waals surface area contributed by atoms with Crippen LogP contribution in [0.4, 0.5) is 0 Å². The van der Waals surface area contributed by atoms with E-state index in [0.717, 1.165) is 11.4 Å². The van der Waals surface area contributed by atoms with Gasteiger partial charge in [0.2, 0.25) is 0 Å². The van der Waals surface area contributed by atoms with Gasteiger partial charge in [-0.3, -0.25) is 0 Å². The van der Waals surface area contributed by atoms with E-state index in [2.05, 4.69) is 21.8 Å². The normalized spacial score (nSPS) is 14.9. The van der Waals surface area contributed by atoms with Gasteiger partial charge in [0, 0.05) is 17.6 Å². The van der Waals surface area contributed by atoms with Crippen molar-refractivity contribution >= 4 is 17.3 Å². The van der Waals surface area contributed by atoms with Gasteiger partial charge >= 0.3 is 0 Å². The Morgan fingerprint density at radius 1 is 1.29 bits per heavy atom. The van der Waals surface area contributed by atoms with Crippen LogP contribution < -0.4 is 5.73 Å². The number of rotatable bonds is 4. The van der Waals surface area contributed by atoms with Crippen LogP contribution >= 0.6 is 0 Å². The molecule has 0 saturated carbocycles. The summed E-state index contributed by atoms with van der Waals surface area (Å²) in [5.41, 5.74) is 7.44. The fraction of sp³-hybridized carbons (Fsp3) is 0.500. The molecule has 1 unspecified atom stereocenters. The third-order valence-corrected chi connectivity index (χ3v) is 1.72. The second-order valence-electron chi connectivity index (χ2n) is 3.25. The van der Waals surface area contributed by atoms with Gasteiger partial charge in [-0.2, -0.15) is 10.2 Å². The van der Waals surface area contributed by atoms with E-state index in [9.17, 15) is 0 Å². The molecule has 14 heavy (non-hydrogen) atoms. The number of hydrogen-bond acceptors (Lipinski definition) is 3. The van der Waals surface area contributed by atoms with E-state index in [1.165, 1.54) is 6.20 Å². The number of nitrogens with zero attached hydrogens (tertiary/aromatic N) is 3. The highest BCUT2D eigenvalue weighted by molar-refractivity contribution is 6.04. The molecule has 0 aliphatic heterocycles. The van der Waals surface area contributed by atoms with Crippen molar-refractivity contribution in [2.45, 2.75) is 27.7 Å². The van der Waals surface area contributed by atoms with E-state index in [-0.39, 0.29) is 5.92 Å². The summed E-state index contributed by atoms with van der Waals surface area (Å²) in [6.07, 6.45) is 1.42. The van der Waals surface area contributed by atoms with Crippen molar-refractivity contribution in [3.05, 3.63) is 12.8 Å². The van der Waals surface area contributed by atoms with E-state index in [1.807, 2.05) is 27.7 Å². The van der Waals surface area contributed by atoms with Crippen molar-refractivity contribution in [2.75, 3.05) is 0 Å². The van der Waals surface area contributed by atoms with Crippen LogP contribution in [0.3, 0.4) is 0 Å². The fourth-order valence-corrected chi connectivity index (χ4v) is 0.697. The van der Waals surface area contributed by atoms with Crippen molar-refractivity contribution in [1.82, 2.24) is 0 Å². The molecule has 0 aromatic rings. The maximum atomic E-state index is 5.68. The summed E-state index contributed by atoms with van der Waals surface area (Å²) in [7, 11) is 0. The molecule has 0 rings (SSSR count). The molecule has 0 heterocycles. The predicted octanol–water partition coefficient (Wildman–Crippen LogP) is 1.98. The fourth-order valence-electron chi connectivity index (χ4n) is 0.697. The first-order chi connectivity index (χ1) is 6.49. The van der Waals surface area contributed by atoms with Gasteiger partial charge < -0.3 is 5.73 Å². The molecule has 78 valence electrons. The first-order valence-electron chi connectivity index (χ1n) is 4.48. The van der Waals surface area contributed by atoms with Gasteiger partial charge in [-0.1, -0.05) is 13.5 Å². The Bertz CT molecular complexity index is 282. The Morgan fingerprint density at radius 3 is 2.29 bits per heavy atom. The average Bonchev–Trinajstić information content (AvgIpc) is 2.13. The van der Waals surface area contributed by atoms with Crippen molar-refractivity contribution in [3.63, 3.8) is 0 Å². The van der Waals surface area contributed by atoms with Gasteiger partial charge in [-0.25, -0.2) is 4.99 Å². The largest absolute Gasteiger partial charge is 0.387 e. The van der Waals surface area contributed by atoms with Crippen LogP contribution in [0.1, 0.15) is 27.7 Å². The zero-order valence-corrected chi connectivity index (χ0v) is 9.28. The quantitative estimate of drug-likeness (QED) is 0.415. The summed E-state index contributed by atoms with van der Waals surface area (Å²) in [5, 5.41) is 7.99. The first kappa shape index (κ1) is 12.6. The second-order valence-corrected chi connectivity index (χ2v) is 3.25. The third kappa shape index (κ3) is 4.54. The zero-order valence-electron chi connectivity index (χ0n) is 9.28. The van der Waals surface area contributed by atoms with E-state index >= 15 is 0 Å². The number of aliphatic imine (C=N–C) groups is 1. The van der Waals surface area contributed by atoms with Crippen LogP contribution in [0.15, 0.2) is 28.0 Å². The van der Waals surface area contributed by atoms with Crippen LogP contribution in [0, 0.1) is 5.92 Å². The smallest absolute Gasteiger partial charge is 0.107 e. The number of nitrogens with two attached hydrogens (primary N) is 1. The van der Waals surface area contributed by atoms with Crippen molar-refractivity contribution in [1.29, 1.82) is 0 Å². The SMILES string of the molecule is C=CN=C(N)C(C)/C(C)=N\N=C(C)C. The van der Waals surface area contributed by atoms with Crippen molar-refractivity contribution in [2.24, 2.45) is 26.8 Å². The lowest BCUT2D eigenvalue weighted by atomic mass is 10.1. The Kier molecular flexibility index (Phi) is 5.44. The first-order valence-corrected chi connectivity index (χ1v) is 4.48. The van der Waals surface area contributed by atoms with Crippen molar-refractivity contribution < 1.29 is 0 Å². The average molecular weight is 194 g/mol. The van der Waals surface area contributed by atoms with E-state index < -0.39 is 0 Å². The molecule has 0 spiro atoms.